The third-order valence-corrected chi connectivity index (χ3v) is 4.05. The van der Waals surface area contributed by atoms with Crippen molar-refractivity contribution in [3.05, 3.63) is 53.8 Å². The lowest BCUT2D eigenvalue weighted by Crippen LogP contribution is -2.13. The minimum atomic E-state index is -3.76. The number of sulfonamides is 1. The number of ether oxygens (including phenoxy) is 3. The summed E-state index contributed by atoms with van der Waals surface area (Å²) in [6.07, 6.45) is 0. The SMILES string of the molecule is COc1ccc(C(=O)OCCOc2ccc(S(N)(=O)=O)cc2)cc1F. The number of carbonyl (C=O) groups excluding carboxylic acids is 1. The average Bonchev–Trinajstić information content (AvgIpc) is 2.58. The molecule has 0 radical (unpaired) electrons. The average molecular weight is 369 g/mol. The van der Waals surface area contributed by atoms with E-state index in [0.717, 1.165) is 6.07 Å². The van der Waals surface area contributed by atoms with Crippen LogP contribution in [-0.4, -0.2) is 34.7 Å². The van der Waals surface area contributed by atoms with Crippen molar-refractivity contribution >= 4 is 16.0 Å². The topological polar surface area (TPSA) is 105 Å². The number of primary sulfonamides is 1. The number of benzene rings is 2. The molecule has 0 amide bonds. The van der Waals surface area contributed by atoms with Crippen molar-refractivity contribution < 1.29 is 31.8 Å². The Balaban J connectivity index is 1.82. The summed E-state index contributed by atoms with van der Waals surface area (Å²) in [4.78, 5) is 11.8. The van der Waals surface area contributed by atoms with Crippen LogP contribution >= 0.6 is 0 Å². The molecule has 0 unspecified atom stereocenters. The van der Waals surface area contributed by atoms with Gasteiger partial charge in [0, 0.05) is 0 Å². The van der Waals surface area contributed by atoms with Gasteiger partial charge in [-0.3, -0.25) is 0 Å². The van der Waals surface area contributed by atoms with Crippen molar-refractivity contribution in [1.29, 1.82) is 0 Å². The van der Waals surface area contributed by atoms with Crippen LogP contribution in [0, 0.1) is 5.82 Å². The zero-order valence-corrected chi connectivity index (χ0v) is 14.1. The highest BCUT2D eigenvalue weighted by Crippen LogP contribution is 2.18. The maximum Gasteiger partial charge on any atom is 0.338 e. The third-order valence-electron chi connectivity index (χ3n) is 3.12. The van der Waals surface area contributed by atoms with Gasteiger partial charge >= 0.3 is 5.97 Å². The maximum absolute atomic E-state index is 13.5. The van der Waals surface area contributed by atoms with E-state index in [-0.39, 0.29) is 29.4 Å². The minimum absolute atomic E-state index is 0.0304. The number of esters is 1. The third kappa shape index (κ3) is 5.16. The van der Waals surface area contributed by atoms with E-state index in [1.807, 2.05) is 0 Å². The first-order chi connectivity index (χ1) is 11.8. The van der Waals surface area contributed by atoms with E-state index >= 15 is 0 Å². The molecule has 25 heavy (non-hydrogen) atoms. The summed E-state index contributed by atoms with van der Waals surface area (Å²) in [5.74, 6) is -0.945. The molecule has 0 aliphatic carbocycles. The number of methoxy groups -OCH3 is 1. The highest BCUT2D eigenvalue weighted by molar-refractivity contribution is 7.89. The van der Waals surface area contributed by atoms with Gasteiger partial charge in [-0.05, 0) is 42.5 Å². The molecule has 2 N–H and O–H groups in total. The molecule has 0 fully saturated rings. The maximum atomic E-state index is 13.5. The van der Waals surface area contributed by atoms with Gasteiger partial charge in [0.05, 0.1) is 17.6 Å². The van der Waals surface area contributed by atoms with Gasteiger partial charge in [-0.15, -0.1) is 0 Å². The first-order valence-corrected chi connectivity index (χ1v) is 8.62. The van der Waals surface area contributed by atoms with Crippen LogP contribution in [0.5, 0.6) is 11.5 Å². The van der Waals surface area contributed by atoms with Gasteiger partial charge in [0.15, 0.2) is 11.6 Å². The summed E-state index contributed by atoms with van der Waals surface area (Å²) in [6.45, 7) is -0.0253. The Bertz CT molecular complexity index is 851. The summed E-state index contributed by atoms with van der Waals surface area (Å²) in [7, 11) is -2.44. The number of halogens is 1. The zero-order valence-electron chi connectivity index (χ0n) is 13.3. The van der Waals surface area contributed by atoms with E-state index in [1.165, 1.54) is 43.5 Å². The fourth-order valence-electron chi connectivity index (χ4n) is 1.90. The second-order valence-electron chi connectivity index (χ2n) is 4.85. The van der Waals surface area contributed by atoms with Crippen LogP contribution in [0.4, 0.5) is 4.39 Å². The van der Waals surface area contributed by atoms with E-state index in [0.29, 0.717) is 5.75 Å². The first-order valence-electron chi connectivity index (χ1n) is 7.07. The van der Waals surface area contributed by atoms with E-state index in [1.54, 1.807) is 0 Å². The molecule has 9 heteroatoms. The van der Waals surface area contributed by atoms with Crippen LogP contribution in [0.1, 0.15) is 10.4 Å². The predicted octanol–water partition coefficient (Wildman–Crippen LogP) is 1.72. The molecule has 2 aromatic carbocycles. The summed E-state index contributed by atoms with van der Waals surface area (Å²) >= 11 is 0. The van der Waals surface area contributed by atoms with Gasteiger partial charge < -0.3 is 14.2 Å². The van der Waals surface area contributed by atoms with E-state index in [9.17, 15) is 17.6 Å². The van der Waals surface area contributed by atoms with Gasteiger partial charge in [0.2, 0.25) is 10.0 Å². The van der Waals surface area contributed by atoms with E-state index < -0.39 is 21.8 Å². The molecule has 2 rings (SSSR count). The second-order valence-corrected chi connectivity index (χ2v) is 6.41. The molecule has 0 aliphatic heterocycles. The fraction of sp³-hybridized carbons (Fsp3) is 0.188. The number of carbonyl (C=O) groups is 1. The normalized spacial score (nSPS) is 11.0. The number of nitrogens with two attached hydrogens (primary N) is 1. The van der Waals surface area contributed by atoms with Crippen LogP contribution in [0.2, 0.25) is 0 Å². The zero-order chi connectivity index (χ0) is 18.4. The molecule has 2 aromatic rings. The van der Waals surface area contributed by atoms with Crippen LogP contribution < -0.4 is 14.6 Å². The molecule has 0 saturated carbocycles. The Hall–Kier alpha value is -2.65. The van der Waals surface area contributed by atoms with Crippen molar-refractivity contribution in [2.45, 2.75) is 4.90 Å². The van der Waals surface area contributed by atoms with Gasteiger partial charge in [0.1, 0.15) is 19.0 Å². The van der Waals surface area contributed by atoms with E-state index in [4.69, 9.17) is 19.3 Å². The highest BCUT2D eigenvalue weighted by atomic mass is 32.2. The molecule has 134 valence electrons. The van der Waals surface area contributed by atoms with Crippen molar-refractivity contribution in [3.63, 3.8) is 0 Å². The molecular formula is C16H16FNO6S. The number of hydrogen-bond acceptors (Lipinski definition) is 6. The highest BCUT2D eigenvalue weighted by Gasteiger charge is 2.11. The number of hydrogen-bond donors (Lipinski definition) is 1. The Kier molecular flexibility index (Phi) is 5.94. The Morgan fingerprint density at radius 2 is 1.80 bits per heavy atom. The van der Waals surface area contributed by atoms with Crippen molar-refractivity contribution in [2.24, 2.45) is 5.14 Å². The van der Waals surface area contributed by atoms with Crippen LogP contribution in [0.25, 0.3) is 0 Å². The second kappa shape index (κ2) is 7.95. The molecule has 0 heterocycles. The minimum Gasteiger partial charge on any atom is -0.494 e. The molecule has 0 spiro atoms. The van der Waals surface area contributed by atoms with Crippen LogP contribution in [0.3, 0.4) is 0 Å². The number of rotatable bonds is 7. The monoisotopic (exact) mass is 369 g/mol. The van der Waals surface area contributed by atoms with E-state index in [2.05, 4.69) is 0 Å². The van der Waals surface area contributed by atoms with Crippen LogP contribution in [-0.2, 0) is 14.8 Å². The summed E-state index contributed by atoms with van der Waals surface area (Å²) in [5.41, 5.74) is 0.0517. The summed E-state index contributed by atoms with van der Waals surface area (Å²) in [6, 6.07) is 9.20. The molecule has 0 saturated heterocycles. The summed E-state index contributed by atoms with van der Waals surface area (Å²) in [5, 5.41) is 4.99. The Morgan fingerprint density at radius 1 is 1.12 bits per heavy atom. The Labute approximate surface area is 144 Å². The predicted molar refractivity (Wildman–Crippen MR) is 86.5 cm³/mol. The standard InChI is InChI=1S/C16H16FNO6S/c1-22-15-7-2-11(10-14(15)17)16(19)24-9-8-23-12-3-5-13(6-4-12)25(18,20)21/h2-7,10H,8-9H2,1H3,(H2,18,20,21). The van der Waals surface area contributed by atoms with Gasteiger partial charge in [-0.1, -0.05) is 0 Å². The lowest BCUT2D eigenvalue weighted by Gasteiger charge is -2.08. The summed E-state index contributed by atoms with van der Waals surface area (Å²) < 4.78 is 50.8. The van der Waals surface area contributed by atoms with Gasteiger partial charge in [-0.2, -0.15) is 0 Å². The lowest BCUT2D eigenvalue weighted by molar-refractivity contribution is 0.0449. The molecular weight excluding hydrogens is 353 g/mol. The van der Waals surface area contributed by atoms with Crippen molar-refractivity contribution in [3.8, 4) is 11.5 Å². The first kappa shape index (κ1) is 18.7. The van der Waals surface area contributed by atoms with Gasteiger partial charge in [0.25, 0.3) is 0 Å². The molecule has 0 bridgehead atoms. The smallest absolute Gasteiger partial charge is 0.338 e. The molecule has 0 aromatic heterocycles. The quantitative estimate of drug-likeness (QED) is 0.588. The Morgan fingerprint density at radius 3 is 2.36 bits per heavy atom. The fourth-order valence-corrected chi connectivity index (χ4v) is 2.41. The largest absolute Gasteiger partial charge is 0.494 e. The van der Waals surface area contributed by atoms with Gasteiger partial charge in [-0.25, -0.2) is 22.7 Å². The van der Waals surface area contributed by atoms with Crippen molar-refractivity contribution in [2.75, 3.05) is 20.3 Å². The lowest BCUT2D eigenvalue weighted by atomic mass is 10.2. The van der Waals surface area contributed by atoms with Crippen molar-refractivity contribution in [1.82, 2.24) is 0 Å². The molecule has 0 atom stereocenters. The van der Waals surface area contributed by atoms with Crippen LogP contribution in [0.15, 0.2) is 47.4 Å². The molecule has 7 nitrogen and oxygen atoms in total. The molecule has 0 aliphatic rings.